The van der Waals surface area contributed by atoms with Gasteiger partial charge in [0.15, 0.2) is 0 Å². The van der Waals surface area contributed by atoms with Crippen LogP contribution in [0.3, 0.4) is 0 Å². The van der Waals surface area contributed by atoms with Gasteiger partial charge in [0.25, 0.3) is 0 Å². The Morgan fingerprint density at radius 2 is 0.426 bits per heavy atom. The van der Waals surface area contributed by atoms with Crippen molar-refractivity contribution in [1.82, 2.24) is 0 Å². The molecule has 0 saturated heterocycles. The van der Waals surface area contributed by atoms with Crippen LogP contribution in [0.1, 0.15) is 0 Å². The summed E-state index contributed by atoms with van der Waals surface area (Å²) in [5.41, 5.74) is 14.9. The van der Waals surface area contributed by atoms with Gasteiger partial charge in [-0.25, -0.2) is 0 Å². The molecule has 0 radical (unpaired) electrons. The quantitative estimate of drug-likeness (QED) is 0.146. The highest BCUT2D eigenvalue weighted by Gasteiger charge is 2.13. The van der Waals surface area contributed by atoms with E-state index in [-0.39, 0.29) is 0 Å². The van der Waals surface area contributed by atoms with Crippen molar-refractivity contribution in [3.63, 3.8) is 0 Å². The highest BCUT2D eigenvalue weighted by Crippen LogP contribution is 2.44. The fourth-order valence-electron chi connectivity index (χ4n) is 7.09. The lowest BCUT2D eigenvalue weighted by atomic mass is 9.93. The van der Waals surface area contributed by atoms with Gasteiger partial charge >= 0.3 is 0 Å². The molecule has 0 aliphatic rings. The van der Waals surface area contributed by atoms with E-state index in [1.165, 1.54) is 104 Å². The second-order valence-corrected chi connectivity index (χ2v) is 15.8. The second-order valence-electron chi connectivity index (χ2n) is 13.4. The van der Waals surface area contributed by atoms with Gasteiger partial charge in [-0.15, -0.1) is 0 Å². The van der Waals surface area contributed by atoms with Crippen LogP contribution in [0.4, 0.5) is 0 Å². The second kappa shape index (κ2) is 15.4. The summed E-state index contributed by atoms with van der Waals surface area (Å²) >= 11 is 0. The molecule has 0 unspecified atom stereocenters. The van der Waals surface area contributed by atoms with Gasteiger partial charge in [-0.05, 0) is 91.0 Å². The van der Waals surface area contributed by atoms with E-state index in [0.29, 0.717) is 0 Å². The van der Waals surface area contributed by atoms with Crippen LogP contribution in [0.15, 0.2) is 218 Å². The topological polar surface area (TPSA) is 0 Å². The number of hydrogen-bond donors (Lipinski definition) is 0. The molecule has 7 aromatic carbocycles. The van der Waals surface area contributed by atoms with Crippen LogP contribution in [0.5, 0.6) is 0 Å². The number of benzene rings is 7. The molecular weight excluding hydrogens is 687 g/mol. The zero-order chi connectivity index (χ0) is 36.1. The summed E-state index contributed by atoms with van der Waals surface area (Å²) in [5.74, 6) is 0. The zero-order valence-electron chi connectivity index (χ0n) is 29.7. The first kappa shape index (κ1) is 33.7. The van der Waals surface area contributed by atoms with Gasteiger partial charge in [-0.3, -0.25) is 0 Å². The molecule has 2 heterocycles. The SMILES string of the molecule is c1ccc(-c2cc(-c3ccccc3)pc(-c3ccc(-c4ccccc4-c4ccc(-c5cc(-c6ccccc6)cc(-c6ccccc6)p5)cc4)cc3)c2)cc1. The third kappa shape index (κ3) is 7.24. The minimum atomic E-state index is 1.21. The molecule has 54 heavy (non-hydrogen) atoms. The minimum Gasteiger partial charge on any atom is -0.0622 e. The highest BCUT2D eigenvalue weighted by atomic mass is 31.0. The van der Waals surface area contributed by atoms with Gasteiger partial charge in [0.2, 0.25) is 0 Å². The molecule has 0 aliphatic heterocycles. The van der Waals surface area contributed by atoms with Crippen molar-refractivity contribution in [2.24, 2.45) is 0 Å². The lowest BCUT2D eigenvalue weighted by molar-refractivity contribution is 1.57. The van der Waals surface area contributed by atoms with Gasteiger partial charge in [-0.1, -0.05) is 211 Å². The predicted octanol–water partition coefficient (Wildman–Crippen LogP) is 16.2. The Hall–Kier alpha value is -6.16. The van der Waals surface area contributed by atoms with E-state index < -0.39 is 0 Å². The molecule has 0 aliphatic carbocycles. The van der Waals surface area contributed by atoms with Crippen LogP contribution in [0.25, 0.3) is 87.9 Å². The monoisotopic (exact) mass is 722 g/mol. The Labute approximate surface area is 321 Å². The highest BCUT2D eigenvalue weighted by molar-refractivity contribution is 7.38. The van der Waals surface area contributed by atoms with Gasteiger partial charge in [0.05, 0.1) is 0 Å². The van der Waals surface area contributed by atoms with Crippen molar-refractivity contribution in [3.8, 4) is 87.9 Å². The average molecular weight is 723 g/mol. The molecule has 9 aromatic rings. The van der Waals surface area contributed by atoms with E-state index in [1.54, 1.807) is 0 Å². The summed E-state index contributed by atoms with van der Waals surface area (Å²) in [4.78, 5) is 0. The van der Waals surface area contributed by atoms with Crippen molar-refractivity contribution in [2.45, 2.75) is 0 Å². The summed E-state index contributed by atoms with van der Waals surface area (Å²) in [7, 11) is 2.42. The Morgan fingerprint density at radius 1 is 0.185 bits per heavy atom. The van der Waals surface area contributed by atoms with Crippen molar-refractivity contribution in [1.29, 1.82) is 0 Å². The molecule has 0 N–H and O–H groups in total. The van der Waals surface area contributed by atoms with E-state index in [1.807, 2.05) is 0 Å². The first-order chi connectivity index (χ1) is 26.7. The maximum Gasteiger partial charge on any atom is 0.0102 e. The molecule has 0 spiro atoms. The van der Waals surface area contributed by atoms with Gasteiger partial charge in [0.1, 0.15) is 0 Å². The molecule has 0 saturated carbocycles. The summed E-state index contributed by atoms with van der Waals surface area (Å²) in [6.07, 6.45) is 0. The van der Waals surface area contributed by atoms with Gasteiger partial charge in [-0.2, -0.15) is 0 Å². The lowest BCUT2D eigenvalue weighted by Crippen LogP contribution is -1.87. The van der Waals surface area contributed by atoms with E-state index in [2.05, 4.69) is 218 Å². The number of rotatable bonds is 8. The molecular formula is C52H36P2. The van der Waals surface area contributed by atoms with Crippen molar-refractivity contribution >= 4 is 16.4 Å². The molecule has 0 bridgehead atoms. The maximum atomic E-state index is 2.36. The van der Waals surface area contributed by atoms with Crippen LogP contribution >= 0.6 is 16.4 Å². The average Bonchev–Trinajstić information content (AvgIpc) is 3.27. The van der Waals surface area contributed by atoms with Gasteiger partial charge < -0.3 is 0 Å². The van der Waals surface area contributed by atoms with Crippen molar-refractivity contribution in [3.05, 3.63) is 218 Å². The van der Waals surface area contributed by atoms with Crippen LogP contribution in [0.2, 0.25) is 0 Å². The van der Waals surface area contributed by atoms with E-state index in [4.69, 9.17) is 0 Å². The Morgan fingerprint density at radius 3 is 0.741 bits per heavy atom. The molecule has 2 heteroatoms. The van der Waals surface area contributed by atoms with Crippen LogP contribution < -0.4 is 0 Å². The molecule has 9 rings (SSSR count). The maximum absolute atomic E-state index is 2.36. The van der Waals surface area contributed by atoms with E-state index in [0.717, 1.165) is 0 Å². The third-order valence-corrected chi connectivity index (χ3v) is 12.4. The Bertz CT molecular complexity index is 2350. The summed E-state index contributed by atoms with van der Waals surface area (Å²) in [5, 5.41) is 5.24. The first-order valence-corrected chi connectivity index (χ1v) is 20.1. The molecule has 0 nitrogen and oxygen atoms in total. The Balaban J connectivity index is 1.04. The lowest BCUT2D eigenvalue weighted by Gasteiger charge is -2.14. The largest absolute Gasteiger partial charge is 0.0622 e. The summed E-state index contributed by atoms with van der Waals surface area (Å²) in [6, 6.07) is 79.4. The molecule has 0 amide bonds. The summed E-state index contributed by atoms with van der Waals surface area (Å²) in [6.45, 7) is 0. The van der Waals surface area contributed by atoms with Crippen LogP contribution in [-0.2, 0) is 0 Å². The molecule has 2 aromatic heterocycles. The van der Waals surface area contributed by atoms with Gasteiger partial charge in [0, 0.05) is 21.2 Å². The molecule has 0 fully saturated rings. The first-order valence-electron chi connectivity index (χ1n) is 18.3. The third-order valence-electron chi connectivity index (χ3n) is 9.91. The molecule has 0 atom stereocenters. The fraction of sp³-hybridized carbons (Fsp3) is 0. The standard InChI is InChI=1S/C52H36P2/c1-5-15-37(16-6-1)45-33-49(41-19-9-3-10-20-41)53-51(35-45)43-29-25-39(26-30-43)47-23-13-14-24-48(47)40-27-31-44(32-28-40)52-36-46(38-17-7-2-8-18-38)34-50(54-52)42-21-11-4-12-22-42/h1-36H. The fourth-order valence-corrected chi connectivity index (χ4v) is 9.54. The smallest absolute Gasteiger partial charge is 0.0102 e. The predicted molar refractivity (Wildman–Crippen MR) is 235 cm³/mol. The zero-order valence-corrected chi connectivity index (χ0v) is 31.5. The number of hydrogen-bond acceptors (Lipinski definition) is 0. The van der Waals surface area contributed by atoms with E-state index >= 15 is 0 Å². The summed E-state index contributed by atoms with van der Waals surface area (Å²) < 4.78 is 0. The van der Waals surface area contributed by atoms with E-state index in [9.17, 15) is 0 Å². The van der Waals surface area contributed by atoms with Crippen molar-refractivity contribution in [2.75, 3.05) is 0 Å². The minimum absolute atomic E-state index is 1.21. The normalized spacial score (nSPS) is 11.3. The van der Waals surface area contributed by atoms with Crippen LogP contribution in [0, 0.1) is 0 Å². The van der Waals surface area contributed by atoms with Crippen LogP contribution in [-0.4, -0.2) is 0 Å². The molecule has 254 valence electrons. The Kier molecular flexibility index (Phi) is 9.63. The van der Waals surface area contributed by atoms with Crippen molar-refractivity contribution < 1.29 is 0 Å².